The van der Waals surface area contributed by atoms with Crippen LogP contribution in [0.1, 0.15) is 29.7 Å². The zero-order chi connectivity index (χ0) is 20.4. The molecule has 3 aromatic rings. The number of morpholine rings is 1. The van der Waals surface area contributed by atoms with Crippen LogP contribution < -0.4 is 0 Å². The maximum Gasteiger partial charge on any atom is 0.332 e. The average Bonchev–Trinajstić information content (AvgIpc) is 2.76. The summed E-state index contributed by atoms with van der Waals surface area (Å²) in [7, 11) is 2.03. The van der Waals surface area contributed by atoms with Crippen molar-refractivity contribution in [3.63, 3.8) is 0 Å². The number of benzene rings is 3. The lowest BCUT2D eigenvalue weighted by atomic mass is 9.79. The number of hydrogen-bond acceptors (Lipinski definition) is 3. The van der Waals surface area contributed by atoms with Gasteiger partial charge in [0.2, 0.25) is 0 Å². The van der Waals surface area contributed by atoms with Crippen molar-refractivity contribution < 1.29 is 9.53 Å². The SMILES string of the molecule is C[C@H]1[C@@H](c2ccccc2)OC(=O)[C@@](Cc2ccccc2Br)(c2ccccc2)N1C. The van der Waals surface area contributed by atoms with E-state index in [1.54, 1.807) is 0 Å². The molecule has 1 aliphatic heterocycles. The molecule has 3 aromatic carbocycles. The monoisotopic (exact) mass is 449 g/mol. The van der Waals surface area contributed by atoms with Gasteiger partial charge in [-0.25, -0.2) is 4.79 Å². The molecule has 3 atom stereocenters. The van der Waals surface area contributed by atoms with Gasteiger partial charge in [-0.1, -0.05) is 94.8 Å². The van der Waals surface area contributed by atoms with Gasteiger partial charge in [0.25, 0.3) is 0 Å². The van der Waals surface area contributed by atoms with Crippen LogP contribution in [0.15, 0.2) is 89.4 Å². The van der Waals surface area contributed by atoms with Gasteiger partial charge in [-0.3, -0.25) is 4.90 Å². The van der Waals surface area contributed by atoms with Crippen LogP contribution in [-0.4, -0.2) is 24.0 Å². The maximum atomic E-state index is 13.7. The van der Waals surface area contributed by atoms with Gasteiger partial charge in [-0.15, -0.1) is 0 Å². The molecule has 0 spiro atoms. The summed E-state index contributed by atoms with van der Waals surface area (Å²) in [4.78, 5) is 15.9. The highest BCUT2D eigenvalue weighted by molar-refractivity contribution is 9.10. The minimum absolute atomic E-state index is 0.0118. The highest BCUT2D eigenvalue weighted by atomic mass is 79.9. The smallest absolute Gasteiger partial charge is 0.332 e. The first kappa shape index (κ1) is 19.9. The quantitative estimate of drug-likeness (QED) is 0.492. The molecule has 148 valence electrons. The lowest BCUT2D eigenvalue weighted by Gasteiger charge is -2.50. The van der Waals surface area contributed by atoms with Gasteiger partial charge in [-0.2, -0.15) is 0 Å². The van der Waals surface area contributed by atoms with Gasteiger partial charge >= 0.3 is 5.97 Å². The van der Waals surface area contributed by atoms with Crippen molar-refractivity contribution in [1.82, 2.24) is 4.90 Å². The Hall–Kier alpha value is -2.43. The van der Waals surface area contributed by atoms with Gasteiger partial charge in [0.15, 0.2) is 0 Å². The molecular weight excluding hydrogens is 426 g/mol. The van der Waals surface area contributed by atoms with Crippen molar-refractivity contribution in [2.75, 3.05) is 7.05 Å². The zero-order valence-corrected chi connectivity index (χ0v) is 18.2. The Labute approximate surface area is 180 Å². The van der Waals surface area contributed by atoms with Crippen LogP contribution in [-0.2, 0) is 21.5 Å². The Morgan fingerprint density at radius 2 is 1.52 bits per heavy atom. The van der Waals surface area contributed by atoms with E-state index in [0.29, 0.717) is 6.42 Å². The number of ether oxygens (including phenoxy) is 1. The molecule has 0 amide bonds. The van der Waals surface area contributed by atoms with Crippen molar-refractivity contribution in [3.05, 3.63) is 106 Å². The van der Waals surface area contributed by atoms with Gasteiger partial charge < -0.3 is 4.74 Å². The fourth-order valence-corrected chi connectivity index (χ4v) is 4.67. The average molecular weight is 450 g/mol. The first-order chi connectivity index (χ1) is 14.0. The summed E-state index contributed by atoms with van der Waals surface area (Å²) in [5.74, 6) is -0.214. The number of hydrogen-bond donors (Lipinski definition) is 0. The molecule has 1 heterocycles. The van der Waals surface area contributed by atoms with E-state index in [-0.39, 0.29) is 18.1 Å². The molecule has 0 unspecified atom stereocenters. The number of carbonyl (C=O) groups is 1. The van der Waals surface area contributed by atoms with E-state index in [0.717, 1.165) is 21.2 Å². The second-order valence-electron chi connectivity index (χ2n) is 7.58. The summed E-state index contributed by atoms with van der Waals surface area (Å²) in [5, 5.41) is 0. The first-order valence-electron chi connectivity index (χ1n) is 9.82. The van der Waals surface area contributed by atoms with Crippen LogP contribution in [0.5, 0.6) is 0 Å². The number of halogens is 1. The maximum absolute atomic E-state index is 13.7. The van der Waals surface area contributed by atoms with E-state index < -0.39 is 5.54 Å². The van der Waals surface area contributed by atoms with E-state index in [2.05, 4.69) is 33.8 Å². The Morgan fingerprint density at radius 3 is 2.17 bits per heavy atom. The Balaban J connectivity index is 1.81. The van der Waals surface area contributed by atoms with E-state index in [1.807, 2.05) is 85.9 Å². The van der Waals surface area contributed by atoms with Gasteiger partial charge in [-0.05, 0) is 36.7 Å². The lowest BCUT2D eigenvalue weighted by molar-refractivity contribution is -0.187. The summed E-state index contributed by atoms with van der Waals surface area (Å²) in [6, 6.07) is 28.0. The van der Waals surface area contributed by atoms with Gasteiger partial charge in [0.05, 0.1) is 0 Å². The predicted molar refractivity (Wildman–Crippen MR) is 118 cm³/mol. The number of rotatable bonds is 4. The zero-order valence-electron chi connectivity index (χ0n) is 16.6. The first-order valence-corrected chi connectivity index (χ1v) is 10.6. The van der Waals surface area contributed by atoms with Crippen LogP contribution in [0.4, 0.5) is 0 Å². The van der Waals surface area contributed by atoms with Crippen LogP contribution >= 0.6 is 15.9 Å². The van der Waals surface area contributed by atoms with E-state index in [4.69, 9.17) is 4.74 Å². The minimum atomic E-state index is -0.893. The van der Waals surface area contributed by atoms with Crippen molar-refractivity contribution >= 4 is 21.9 Å². The minimum Gasteiger partial charge on any atom is -0.454 e. The second-order valence-corrected chi connectivity index (χ2v) is 8.44. The molecule has 0 bridgehead atoms. The summed E-state index contributed by atoms with van der Waals surface area (Å²) in [5.41, 5.74) is 2.14. The molecular formula is C25H24BrNO2. The number of nitrogens with zero attached hydrogens (tertiary/aromatic N) is 1. The van der Waals surface area contributed by atoms with E-state index >= 15 is 0 Å². The molecule has 0 aromatic heterocycles. The number of cyclic esters (lactones) is 1. The summed E-state index contributed by atoms with van der Waals surface area (Å²) < 4.78 is 7.14. The van der Waals surface area contributed by atoms with Gasteiger partial charge in [0.1, 0.15) is 11.6 Å². The number of carbonyl (C=O) groups excluding carboxylic acids is 1. The van der Waals surface area contributed by atoms with Crippen LogP contribution in [0, 0.1) is 0 Å². The lowest BCUT2D eigenvalue weighted by Crippen LogP contribution is -2.61. The largest absolute Gasteiger partial charge is 0.454 e. The third-order valence-electron chi connectivity index (χ3n) is 6.01. The van der Waals surface area contributed by atoms with Crippen LogP contribution in [0.2, 0.25) is 0 Å². The molecule has 0 saturated carbocycles. The molecule has 4 heteroatoms. The Morgan fingerprint density at radius 1 is 0.931 bits per heavy atom. The topological polar surface area (TPSA) is 29.5 Å². The van der Waals surface area contributed by atoms with Crippen LogP contribution in [0.25, 0.3) is 0 Å². The summed E-state index contributed by atoms with van der Waals surface area (Å²) >= 11 is 3.65. The molecule has 1 saturated heterocycles. The molecule has 0 N–H and O–H groups in total. The highest BCUT2D eigenvalue weighted by Crippen LogP contribution is 2.44. The van der Waals surface area contributed by atoms with E-state index in [9.17, 15) is 4.79 Å². The number of esters is 1. The van der Waals surface area contributed by atoms with Crippen LogP contribution in [0.3, 0.4) is 0 Å². The van der Waals surface area contributed by atoms with Crippen molar-refractivity contribution in [2.45, 2.75) is 31.0 Å². The Bertz CT molecular complexity index is 992. The third-order valence-corrected chi connectivity index (χ3v) is 6.78. The molecule has 0 radical (unpaired) electrons. The summed E-state index contributed by atoms with van der Waals surface area (Å²) in [6.07, 6.45) is 0.226. The second kappa shape index (κ2) is 8.13. The van der Waals surface area contributed by atoms with Gasteiger partial charge in [0, 0.05) is 16.9 Å². The third kappa shape index (κ3) is 3.52. The molecule has 0 aliphatic carbocycles. The molecule has 4 rings (SSSR count). The summed E-state index contributed by atoms with van der Waals surface area (Å²) in [6.45, 7) is 2.13. The highest BCUT2D eigenvalue weighted by Gasteiger charge is 2.53. The van der Waals surface area contributed by atoms with Crippen molar-refractivity contribution in [3.8, 4) is 0 Å². The molecule has 3 nitrogen and oxygen atoms in total. The molecule has 29 heavy (non-hydrogen) atoms. The Kier molecular flexibility index (Phi) is 5.57. The molecule has 1 aliphatic rings. The normalized spacial score (nSPS) is 24.9. The standard InChI is InChI=1S/C25H24BrNO2/c1-18-23(19-11-5-3-6-12-19)29-24(28)25(27(18)2,21-14-7-4-8-15-21)17-20-13-9-10-16-22(20)26/h3-16,18,23H,17H2,1-2H3/t18-,23-,25+/m0/s1. The van der Waals surface area contributed by atoms with E-state index in [1.165, 1.54) is 0 Å². The fourth-order valence-electron chi connectivity index (χ4n) is 4.25. The predicted octanol–water partition coefficient (Wildman–Crippen LogP) is 5.51. The van der Waals surface area contributed by atoms with Crippen molar-refractivity contribution in [2.24, 2.45) is 0 Å². The van der Waals surface area contributed by atoms with Crippen molar-refractivity contribution in [1.29, 1.82) is 0 Å². The fraction of sp³-hybridized carbons (Fsp3) is 0.240. The number of likely N-dealkylation sites (N-methyl/N-ethyl adjacent to an activating group) is 1. The molecule has 1 fully saturated rings.